The first kappa shape index (κ1) is 46.8. The van der Waals surface area contributed by atoms with Crippen molar-refractivity contribution in [2.45, 2.75) is 159 Å². The van der Waals surface area contributed by atoms with Crippen molar-refractivity contribution in [3.05, 3.63) is 140 Å². The van der Waals surface area contributed by atoms with E-state index in [1.54, 1.807) is 6.92 Å². The van der Waals surface area contributed by atoms with Gasteiger partial charge in [0.15, 0.2) is 0 Å². The molecule has 0 amide bonds. The smallest absolute Gasteiger partial charge is 0.343 e. The number of esters is 2. The van der Waals surface area contributed by atoms with Gasteiger partial charge in [0.25, 0.3) is 0 Å². The molecule has 0 bridgehead atoms. The average Bonchev–Trinajstić information content (AvgIpc) is 3.08. The molecule has 0 aliphatic heterocycles. The van der Waals surface area contributed by atoms with E-state index in [2.05, 4.69) is 153 Å². The number of benzene rings is 4. The number of hydrogen-bond acceptors (Lipinski definition) is 5. The van der Waals surface area contributed by atoms with Crippen LogP contribution in [0.15, 0.2) is 67.3 Å². The third-order valence-electron chi connectivity index (χ3n) is 11.0. The summed E-state index contributed by atoms with van der Waals surface area (Å²) in [5.41, 5.74) is 11.0. The number of hydrogen-bond donors (Lipinski definition) is 1. The zero-order valence-electron chi connectivity index (χ0n) is 39.4. The van der Waals surface area contributed by atoms with Crippen molar-refractivity contribution >= 4 is 17.5 Å². The number of phenols is 1. The fourth-order valence-corrected chi connectivity index (χ4v) is 7.92. The fraction of sp³-hybridized carbons (Fsp3) is 0.444. The first-order valence-corrected chi connectivity index (χ1v) is 20.9. The molecule has 0 aliphatic carbocycles. The van der Waals surface area contributed by atoms with E-state index in [0.29, 0.717) is 23.5 Å². The normalized spacial score (nSPS) is 12.9. The Hall–Kier alpha value is -4.90. The first-order valence-electron chi connectivity index (χ1n) is 20.9. The highest BCUT2D eigenvalue weighted by molar-refractivity contribution is 6.17. The number of carbonyl (C=O) groups excluding carboxylic acids is 2. The SMILES string of the molecule is C=C(C)C(=O)Oc1c(Cc2cc(C)cc(C(C)(C)C)c2OC(=O)C(=C)c2c(C(C)c3cc(C)cc(C(C)(C)C)c3O)cc(C)cc2C(C)(C)C)cc(C)cc1C(C)(C)C. The van der Waals surface area contributed by atoms with Gasteiger partial charge < -0.3 is 14.6 Å². The lowest BCUT2D eigenvalue weighted by atomic mass is 9.75. The Morgan fingerprint density at radius 3 is 1.32 bits per heavy atom. The molecule has 59 heavy (non-hydrogen) atoms. The van der Waals surface area contributed by atoms with E-state index in [9.17, 15) is 14.7 Å². The monoisotopic (exact) mass is 799 g/mol. The molecular formula is C54H70O5. The number of aromatic hydroxyl groups is 1. The maximum absolute atomic E-state index is 14.9. The zero-order chi connectivity index (χ0) is 44.9. The summed E-state index contributed by atoms with van der Waals surface area (Å²) in [4.78, 5) is 28.0. The average molecular weight is 799 g/mol. The molecule has 0 spiro atoms. The molecule has 316 valence electrons. The van der Waals surface area contributed by atoms with E-state index in [1.165, 1.54) is 0 Å². The van der Waals surface area contributed by atoms with Gasteiger partial charge in [-0.3, -0.25) is 0 Å². The summed E-state index contributed by atoms with van der Waals surface area (Å²) < 4.78 is 12.8. The molecule has 0 radical (unpaired) electrons. The fourth-order valence-electron chi connectivity index (χ4n) is 7.92. The zero-order valence-corrected chi connectivity index (χ0v) is 39.4. The predicted molar refractivity (Wildman–Crippen MR) is 247 cm³/mol. The van der Waals surface area contributed by atoms with Gasteiger partial charge in [0.1, 0.15) is 17.2 Å². The van der Waals surface area contributed by atoms with Crippen molar-refractivity contribution < 1.29 is 24.2 Å². The van der Waals surface area contributed by atoms with Gasteiger partial charge in [-0.2, -0.15) is 0 Å². The molecule has 0 heterocycles. The lowest BCUT2D eigenvalue weighted by Crippen LogP contribution is -2.22. The van der Waals surface area contributed by atoms with Crippen LogP contribution in [-0.4, -0.2) is 17.0 Å². The second-order valence-corrected chi connectivity index (χ2v) is 21.1. The van der Waals surface area contributed by atoms with Crippen LogP contribution >= 0.6 is 0 Å². The van der Waals surface area contributed by atoms with E-state index in [4.69, 9.17) is 9.47 Å². The molecule has 1 atom stereocenters. The summed E-state index contributed by atoms with van der Waals surface area (Å²) in [7, 11) is 0. The summed E-state index contributed by atoms with van der Waals surface area (Å²) in [6, 6.07) is 16.6. The van der Waals surface area contributed by atoms with Crippen LogP contribution in [-0.2, 0) is 37.7 Å². The van der Waals surface area contributed by atoms with E-state index >= 15 is 0 Å². The van der Waals surface area contributed by atoms with Crippen molar-refractivity contribution in [3.8, 4) is 17.2 Å². The van der Waals surface area contributed by atoms with Crippen molar-refractivity contribution in [2.75, 3.05) is 0 Å². The summed E-state index contributed by atoms with van der Waals surface area (Å²) in [5, 5.41) is 11.8. The van der Waals surface area contributed by atoms with Crippen molar-refractivity contribution in [1.29, 1.82) is 0 Å². The highest BCUT2D eigenvalue weighted by Gasteiger charge is 2.33. The molecule has 5 nitrogen and oxygen atoms in total. The Morgan fingerprint density at radius 2 is 0.915 bits per heavy atom. The topological polar surface area (TPSA) is 72.8 Å². The maximum Gasteiger partial charge on any atom is 0.343 e. The van der Waals surface area contributed by atoms with Gasteiger partial charge in [-0.15, -0.1) is 0 Å². The Morgan fingerprint density at radius 1 is 0.559 bits per heavy atom. The molecule has 1 unspecified atom stereocenters. The van der Waals surface area contributed by atoms with Crippen LogP contribution in [0.25, 0.3) is 5.57 Å². The molecule has 4 aromatic rings. The van der Waals surface area contributed by atoms with Crippen LogP contribution in [0.1, 0.15) is 175 Å². The highest BCUT2D eigenvalue weighted by Crippen LogP contribution is 2.45. The van der Waals surface area contributed by atoms with Crippen LogP contribution in [0.5, 0.6) is 17.2 Å². The Bertz CT molecular complexity index is 2320. The minimum atomic E-state index is -0.555. The van der Waals surface area contributed by atoms with Gasteiger partial charge in [0, 0.05) is 45.7 Å². The molecule has 0 saturated carbocycles. The van der Waals surface area contributed by atoms with Gasteiger partial charge in [0.05, 0.1) is 5.57 Å². The Balaban J connectivity index is 1.97. The largest absolute Gasteiger partial charge is 0.507 e. The van der Waals surface area contributed by atoms with E-state index in [1.807, 2.05) is 26.0 Å². The summed E-state index contributed by atoms with van der Waals surface area (Å²) in [5.74, 6) is -0.0912. The molecule has 1 N–H and O–H groups in total. The summed E-state index contributed by atoms with van der Waals surface area (Å²) >= 11 is 0. The van der Waals surface area contributed by atoms with Crippen molar-refractivity contribution in [3.63, 3.8) is 0 Å². The van der Waals surface area contributed by atoms with Gasteiger partial charge in [-0.1, -0.05) is 174 Å². The minimum Gasteiger partial charge on any atom is -0.507 e. The summed E-state index contributed by atoms with van der Waals surface area (Å²) in [6.07, 6.45) is 0.339. The molecule has 0 aliphatic rings. The lowest BCUT2D eigenvalue weighted by molar-refractivity contribution is -0.130. The summed E-state index contributed by atoms with van der Waals surface area (Å²) in [6.45, 7) is 45.6. The maximum atomic E-state index is 14.9. The van der Waals surface area contributed by atoms with E-state index in [-0.39, 0.29) is 33.5 Å². The number of aryl methyl sites for hydroxylation is 4. The molecule has 0 aromatic heterocycles. The minimum absolute atomic E-state index is 0.244. The predicted octanol–water partition coefficient (Wildman–Crippen LogP) is 13.7. The molecule has 4 aromatic carbocycles. The van der Waals surface area contributed by atoms with Gasteiger partial charge in [-0.05, 0) is 78.5 Å². The number of carbonyl (C=O) groups is 2. The second kappa shape index (κ2) is 16.6. The Kier molecular flexibility index (Phi) is 13.2. The molecule has 4 rings (SSSR count). The van der Waals surface area contributed by atoms with Gasteiger partial charge in [-0.25, -0.2) is 9.59 Å². The third kappa shape index (κ3) is 10.5. The lowest BCUT2D eigenvalue weighted by Gasteiger charge is -2.30. The third-order valence-corrected chi connectivity index (χ3v) is 11.0. The quantitative estimate of drug-likeness (QED) is 0.104. The first-order chi connectivity index (χ1) is 26.8. The number of ether oxygens (including phenoxy) is 2. The van der Waals surface area contributed by atoms with Crippen LogP contribution in [0.4, 0.5) is 0 Å². The second-order valence-electron chi connectivity index (χ2n) is 21.1. The van der Waals surface area contributed by atoms with Crippen LogP contribution in [0, 0.1) is 27.7 Å². The van der Waals surface area contributed by atoms with E-state index < -0.39 is 17.4 Å². The van der Waals surface area contributed by atoms with Gasteiger partial charge >= 0.3 is 11.9 Å². The Labute approximate surface area is 356 Å². The highest BCUT2D eigenvalue weighted by atomic mass is 16.5. The van der Waals surface area contributed by atoms with Crippen LogP contribution < -0.4 is 9.47 Å². The van der Waals surface area contributed by atoms with E-state index in [0.717, 1.165) is 72.3 Å². The number of phenolic OH excluding ortho intramolecular Hbond substituents is 1. The standard InChI is InChI=1S/C54H70O5/c1-30(2)49(56)58-47-37(21-31(3)27-43(47)53(15,16)17)29-38-22-32(4)28-44(54(18,19)20)48(38)59-50(57)36(8)45-39(23-33(5)25-41(45)51(9,10)11)35(7)40-24-34(6)26-42(46(40)55)52(12,13)14/h21-28,35,55H,1,8,29H2,2-7,9-20H3. The van der Waals surface area contributed by atoms with Gasteiger partial charge in [0.2, 0.25) is 0 Å². The molecule has 0 fully saturated rings. The van der Waals surface area contributed by atoms with Crippen molar-refractivity contribution in [1.82, 2.24) is 0 Å². The molecule has 0 saturated heterocycles. The van der Waals surface area contributed by atoms with Crippen molar-refractivity contribution in [2.24, 2.45) is 0 Å². The molecular weight excluding hydrogens is 729 g/mol. The van der Waals surface area contributed by atoms with Crippen LogP contribution in [0.2, 0.25) is 0 Å². The number of rotatable bonds is 9. The van der Waals surface area contributed by atoms with Crippen LogP contribution in [0.3, 0.4) is 0 Å². The molecule has 5 heteroatoms.